The molecule has 152 valence electrons. The summed E-state index contributed by atoms with van der Waals surface area (Å²) in [6, 6.07) is 14.7. The lowest BCUT2D eigenvalue weighted by Gasteiger charge is -2.24. The molecule has 4 nitrogen and oxygen atoms in total. The van der Waals surface area contributed by atoms with Crippen molar-refractivity contribution in [1.82, 2.24) is 9.97 Å². The Morgan fingerprint density at radius 2 is 1.48 bits per heavy atom. The molecule has 2 N–H and O–H groups in total. The quantitative estimate of drug-likeness (QED) is 0.519. The van der Waals surface area contributed by atoms with Crippen LogP contribution >= 0.6 is 0 Å². The van der Waals surface area contributed by atoms with Crippen LogP contribution in [0.15, 0.2) is 54.7 Å². The number of rotatable bonds is 4. The summed E-state index contributed by atoms with van der Waals surface area (Å²) >= 11 is 0. The maximum absolute atomic E-state index is 13.5. The van der Waals surface area contributed by atoms with Gasteiger partial charge >= 0.3 is 6.18 Å². The number of aryl methyl sites for hydroxylation is 1. The van der Waals surface area contributed by atoms with Gasteiger partial charge in [0, 0.05) is 17.6 Å². The molecule has 0 atom stereocenters. The average Bonchev–Trinajstić information content (AvgIpc) is 2.62. The van der Waals surface area contributed by atoms with Crippen LogP contribution in [0.25, 0.3) is 0 Å². The molecule has 0 bridgehead atoms. The molecule has 0 aliphatic rings. The highest BCUT2D eigenvalue weighted by atomic mass is 19.4. The second kappa shape index (κ2) is 7.73. The molecule has 7 heteroatoms. The van der Waals surface area contributed by atoms with Gasteiger partial charge in [0.15, 0.2) is 0 Å². The number of nitrogens with one attached hydrogen (secondary N) is 2. The fourth-order valence-corrected chi connectivity index (χ4v) is 2.88. The molecule has 0 saturated carbocycles. The van der Waals surface area contributed by atoms with E-state index in [2.05, 4.69) is 20.6 Å². The lowest BCUT2D eigenvalue weighted by Crippen LogP contribution is -2.16. The number of halogens is 3. The number of anilines is 4. The van der Waals surface area contributed by atoms with E-state index in [9.17, 15) is 13.2 Å². The van der Waals surface area contributed by atoms with Gasteiger partial charge in [0.05, 0.1) is 0 Å². The minimum absolute atomic E-state index is 0.0811. The molecular weight excluding hydrogens is 377 g/mol. The first kappa shape index (κ1) is 20.6. The Bertz CT molecular complexity index is 990. The van der Waals surface area contributed by atoms with Crippen molar-refractivity contribution in [3.05, 3.63) is 71.4 Å². The van der Waals surface area contributed by atoms with Gasteiger partial charge in [-0.05, 0) is 36.1 Å². The molecule has 0 amide bonds. The number of alkyl halides is 3. The van der Waals surface area contributed by atoms with Gasteiger partial charge in [-0.2, -0.15) is 18.2 Å². The third kappa shape index (κ3) is 5.04. The van der Waals surface area contributed by atoms with Crippen LogP contribution in [0.2, 0.25) is 0 Å². The second-order valence-electron chi connectivity index (χ2n) is 7.87. The number of hydrogen-bond donors (Lipinski definition) is 2. The van der Waals surface area contributed by atoms with E-state index in [1.165, 1.54) is 0 Å². The fourth-order valence-electron chi connectivity index (χ4n) is 2.88. The van der Waals surface area contributed by atoms with Crippen molar-refractivity contribution in [1.29, 1.82) is 0 Å². The van der Waals surface area contributed by atoms with Crippen LogP contribution < -0.4 is 10.6 Å². The molecule has 0 fully saturated rings. The molecule has 3 rings (SSSR count). The van der Waals surface area contributed by atoms with E-state index < -0.39 is 11.7 Å². The summed E-state index contributed by atoms with van der Waals surface area (Å²) in [6.07, 6.45) is -3.78. The van der Waals surface area contributed by atoms with E-state index in [1.54, 1.807) is 12.1 Å². The number of benzene rings is 2. The maximum atomic E-state index is 13.5. The van der Waals surface area contributed by atoms with Crippen molar-refractivity contribution < 1.29 is 13.2 Å². The third-order valence-corrected chi connectivity index (χ3v) is 4.39. The maximum Gasteiger partial charge on any atom is 0.421 e. The SMILES string of the molecule is Cc1ccc(Nc2ncc(C(F)(F)F)c(Nc3ccccc3C(C)(C)C)n2)cc1. The van der Waals surface area contributed by atoms with Crippen molar-refractivity contribution in [3.8, 4) is 0 Å². The smallest absolute Gasteiger partial charge is 0.339 e. The Kier molecular flexibility index (Phi) is 5.50. The Labute approximate surface area is 168 Å². The highest BCUT2D eigenvalue weighted by Gasteiger charge is 2.35. The summed E-state index contributed by atoms with van der Waals surface area (Å²) in [7, 11) is 0. The number of hydrogen-bond acceptors (Lipinski definition) is 4. The van der Waals surface area contributed by atoms with E-state index in [4.69, 9.17) is 0 Å². The van der Waals surface area contributed by atoms with E-state index in [0.717, 1.165) is 17.3 Å². The largest absolute Gasteiger partial charge is 0.421 e. The molecule has 29 heavy (non-hydrogen) atoms. The van der Waals surface area contributed by atoms with Gasteiger partial charge in [-0.3, -0.25) is 0 Å². The molecule has 0 aliphatic carbocycles. The van der Waals surface area contributed by atoms with Crippen LogP contribution in [0.1, 0.15) is 37.5 Å². The van der Waals surface area contributed by atoms with Gasteiger partial charge in [0.25, 0.3) is 0 Å². The van der Waals surface area contributed by atoms with Crippen molar-refractivity contribution in [2.45, 2.75) is 39.3 Å². The molecule has 1 aromatic heterocycles. The predicted molar refractivity (Wildman–Crippen MR) is 110 cm³/mol. The first-order valence-corrected chi connectivity index (χ1v) is 9.18. The van der Waals surface area contributed by atoms with Gasteiger partial charge < -0.3 is 10.6 Å². The van der Waals surface area contributed by atoms with Gasteiger partial charge in [-0.15, -0.1) is 0 Å². The van der Waals surface area contributed by atoms with Crippen LogP contribution in [0.5, 0.6) is 0 Å². The summed E-state index contributed by atoms with van der Waals surface area (Å²) in [4.78, 5) is 7.98. The van der Waals surface area contributed by atoms with E-state index in [-0.39, 0.29) is 17.2 Å². The number of para-hydroxylation sites is 1. The van der Waals surface area contributed by atoms with Gasteiger partial charge in [0.1, 0.15) is 11.4 Å². The van der Waals surface area contributed by atoms with Crippen LogP contribution in [0, 0.1) is 6.92 Å². The lowest BCUT2D eigenvalue weighted by atomic mass is 9.86. The highest BCUT2D eigenvalue weighted by Crippen LogP contribution is 2.37. The second-order valence-corrected chi connectivity index (χ2v) is 7.87. The van der Waals surface area contributed by atoms with E-state index >= 15 is 0 Å². The lowest BCUT2D eigenvalue weighted by molar-refractivity contribution is -0.137. The van der Waals surface area contributed by atoms with Crippen molar-refractivity contribution in [2.24, 2.45) is 0 Å². The zero-order chi connectivity index (χ0) is 21.2. The predicted octanol–water partition coefficient (Wildman–Crippen LogP) is 6.59. The normalized spacial score (nSPS) is 12.0. The molecule has 0 aliphatic heterocycles. The minimum Gasteiger partial charge on any atom is -0.339 e. The monoisotopic (exact) mass is 400 g/mol. The Balaban J connectivity index is 2.01. The highest BCUT2D eigenvalue weighted by molar-refractivity contribution is 5.66. The van der Waals surface area contributed by atoms with Crippen molar-refractivity contribution in [3.63, 3.8) is 0 Å². The van der Waals surface area contributed by atoms with Crippen molar-refractivity contribution >= 4 is 23.1 Å². The Morgan fingerprint density at radius 3 is 2.10 bits per heavy atom. The van der Waals surface area contributed by atoms with Crippen LogP contribution in [0.4, 0.5) is 36.3 Å². The zero-order valence-electron chi connectivity index (χ0n) is 16.7. The van der Waals surface area contributed by atoms with E-state index in [0.29, 0.717) is 11.4 Å². The molecule has 0 radical (unpaired) electrons. The third-order valence-electron chi connectivity index (χ3n) is 4.39. The Morgan fingerprint density at radius 1 is 0.828 bits per heavy atom. The van der Waals surface area contributed by atoms with Crippen LogP contribution in [-0.2, 0) is 11.6 Å². The standard InChI is InChI=1S/C22H23F3N4/c1-14-9-11-15(12-10-14)27-20-26-13-17(22(23,24)25)19(29-20)28-18-8-6-5-7-16(18)21(2,3)4/h5-13H,1-4H3,(H2,26,27,28,29). The summed E-state index contributed by atoms with van der Waals surface area (Å²) < 4.78 is 40.6. The van der Waals surface area contributed by atoms with Gasteiger partial charge in [0.2, 0.25) is 5.95 Å². The average molecular weight is 400 g/mol. The molecule has 0 spiro atoms. The minimum atomic E-state index is -4.58. The summed E-state index contributed by atoms with van der Waals surface area (Å²) in [6.45, 7) is 7.96. The van der Waals surface area contributed by atoms with E-state index in [1.807, 2.05) is 64.1 Å². The first-order valence-electron chi connectivity index (χ1n) is 9.18. The Hall–Kier alpha value is -3.09. The summed E-state index contributed by atoms with van der Waals surface area (Å²) in [5, 5.41) is 5.83. The number of nitrogens with zero attached hydrogens (tertiary/aromatic N) is 2. The summed E-state index contributed by atoms with van der Waals surface area (Å²) in [5.41, 5.74) is 2.06. The topological polar surface area (TPSA) is 49.8 Å². The molecular formula is C22H23F3N4. The molecule has 0 unspecified atom stereocenters. The molecule has 2 aromatic carbocycles. The van der Waals surface area contributed by atoms with Crippen molar-refractivity contribution in [2.75, 3.05) is 10.6 Å². The van der Waals surface area contributed by atoms with Crippen LogP contribution in [0.3, 0.4) is 0 Å². The summed E-state index contributed by atoms with van der Waals surface area (Å²) in [5.74, 6) is -0.212. The molecule has 1 heterocycles. The first-order chi connectivity index (χ1) is 13.5. The van der Waals surface area contributed by atoms with Crippen LogP contribution in [-0.4, -0.2) is 9.97 Å². The molecule has 0 saturated heterocycles. The number of aromatic nitrogens is 2. The zero-order valence-corrected chi connectivity index (χ0v) is 16.7. The van der Waals surface area contributed by atoms with Gasteiger partial charge in [-0.25, -0.2) is 4.98 Å². The fraction of sp³-hybridized carbons (Fsp3) is 0.273. The molecule has 3 aromatic rings. The van der Waals surface area contributed by atoms with Gasteiger partial charge in [-0.1, -0.05) is 56.7 Å².